The van der Waals surface area contributed by atoms with Gasteiger partial charge in [0.05, 0.1) is 36.6 Å². The highest BCUT2D eigenvalue weighted by Crippen LogP contribution is 2.24. The lowest BCUT2D eigenvalue weighted by Crippen LogP contribution is -2.30. The summed E-state index contributed by atoms with van der Waals surface area (Å²) >= 11 is 0. The molecule has 1 heterocycles. The second-order valence-corrected chi connectivity index (χ2v) is 5.13. The van der Waals surface area contributed by atoms with Gasteiger partial charge in [0.1, 0.15) is 12.2 Å². The van der Waals surface area contributed by atoms with Gasteiger partial charge in [-0.15, -0.1) is 0 Å². The molecule has 0 spiro atoms. The number of hydrogen-bond acceptors (Lipinski definition) is 7. The van der Waals surface area contributed by atoms with Crippen LogP contribution >= 0.6 is 0 Å². The van der Waals surface area contributed by atoms with Crippen molar-refractivity contribution in [3.63, 3.8) is 0 Å². The average molecular weight is 357 g/mol. The number of ether oxygens (including phenoxy) is 1. The van der Waals surface area contributed by atoms with Crippen molar-refractivity contribution in [1.29, 1.82) is 5.26 Å². The molecule has 26 heavy (non-hydrogen) atoms. The van der Waals surface area contributed by atoms with E-state index in [0.29, 0.717) is 11.3 Å². The standard InChI is InChI=1S/C16H15N5O5/c1-26-14(22)9-18-16(23)13-10-20(8-2-7-17)19-15(13)11-3-5-12(6-4-11)21(24)25/h3-6,10H,2,8-9H2,1H3,(H,18,23). The van der Waals surface area contributed by atoms with Crippen molar-refractivity contribution in [2.75, 3.05) is 13.7 Å². The molecule has 0 saturated carbocycles. The Hall–Kier alpha value is -3.74. The Balaban J connectivity index is 2.34. The number of amides is 1. The zero-order valence-electron chi connectivity index (χ0n) is 13.8. The highest BCUT2D eigenvalue weighted by molar-refractivity contribution is 6.01. The summed E-state index contributed by atoms with van der Waals surface area (Å²) in [6.07, 6.45) is 1.66. The molecule has 0 saturated heterocycles. The van der Waals surface area contributed by atoms with E-state index in [-0.39, 0.29) is 30.8 Å². The molecule has 0 fully saturated rings. The first-order valence-electron chi connectivity index (χ1n) is 7.50. The van der Waals surface area contributed by atoms with Crippen LogP contribution in [0.4, 0.5) is 5.69 Å². The van der Waals surface area contributed by atoms with Gasteiger partial charge < -0.3 is 10.1 Å². The molecule has 1 aromatic heterocycles. The summed E-state index contributed by atoms with van der Waals surface area (Å²) in [7, 11) is 1.21. The largest absolute Gasteiger partial charge is 0.468 e. The zero-order chi connectivity index (χ0) is 19.1. The third kappa shape index (κ3) is 4.41. The van der Waals surface area contributed by atoms with Crippen molar-refractivity contribution in [1.82, 2.24) is 15.1 Å². The van der Waals surface area contributed by atoms with Crippen molar-refractivity contribution in [3.05, 3.63) is 46.1 Å². The van der Waals surface area contributed by atoms with E-state index in [9.17, 15) is 19.7 Å². The molecule has 0 aliphatic rings. The van der Waals surface area contributed by atoms with Gasteiger partial charge in [-0.2, -0.15) is 10.4 Å². The number of nitrogens with zero attached hydrogens (tertiary/aromatic N) is 4. The van der Waals surface area contributed by atoms with Crippen LogP contribution in [0, 0.1) is 21.4 Å². The predicted molar refractivity (Wildman–Crippen MR) is 88.9 cm³/mol. The molecule has 10 nitrogen and oxygen atoms in total. The molecule has 2 aromatic rings. The van der Waals surface area contributed by atoms with Crippen LogP contribution in [0.15, 0.2) is 30.5 Å². The Labute approximate surface area is 148 Å². The van der Waals surface area contributed by atoms with Crippen molar-refractivity contribution < 1.29 is 19.2 Å². The molecule has 2 rings (SSSR count). The highest BCUT2D eigenvalue weighted by atomic mass is 16.6. The molecule has 1 N–H and O–H groups in total. The van der Waals surface area contributed by atoms with Crippen LogP contribution in [0.25, 0.3) is 11.3 Å². The van der Waals surface area contributed by atoms with Gasteiger partial charge in [0.25, 0.3) is 11.6 Å². The number of nitro groups is 1. The minimum Gasteiger partial charge on any atom is -0.468 e. The second kappa shape index (κ2) is 8.39. The maximum Gasteiger partial charge on any atom is 0.325 e. The number of carbonyl (C=O) groups excluding carboxylic acids is 2. The molecular formula is C16H15N5O5. The Morgan fingerprint density at radius 2 is 2.08 bits per heavy atom. The van der Waals surface area contributed by atoms with Crippen molar-refractivity contribution in [2.45, 2.75) is 13.0 Å². The highest BCUT2D eigenvalue weighted by Gasteiger charge is 2.19. The van der Waals surface area contributed by atoms with Crippen LogP contribution in [0.1, 0.15) is 16.8 Å². The number of nitriles is 1. The van der Waals surface area contributed by atoms with Gasteiger partial charge in [0.15, 0.2) is 0 Å². The number of methoxy groups -OCH3 is 1. The van der Waals surface area contributed by atoms with E-state index >= 15 is 0 Å². The van der Waals surface area contributed by atoms with Crippen LogP contribution in [0.2, 0.25) is 0 Å². The van der Waals surface area contributed by atoms with E-state index in [1.165, 1.54) is 42.3 Å². The first-order valence-corrected chi connectivity index (χ1v) is 7.50. The number of carbonyl (C=O) groups is 2. The number of aryl methyl sites for hydroxylation is 1. The first kappa shape index (κ1) is 18.6. The Morgan fingerprint density at radius 1 is 1.38 bits per heavy atom. The number of rotatable bonds is 7. The third-order valence-electron chi connectivity index (χ3n) is 3.43. The lowest BCUT2D eigenvalue weighted by molar-refractivity contribution is -0.384. The number of esters is 1. The number of nitrogens with one attached hydrogen (secondary N) is 1. The van der Waals surface area contributed by atoms with Gasteiger partial charge in [-0.3, -0.25) is 24.4 Å². The Bertz CT molecular complexity index is 866. The van der Waals surface area contributed by atoms with Gasteiger partial charge >= 0.3 is 5.97 Å². The topological polar surface area (TPSA) is 140 Å². The Kier molecular flexibility index (Phi) is 6.00. The molecule has 1 aromatic carbocycles. The zero-order valence-corrected chi connectivity index (χ0v) is 13.8. The Morgan fingerprint density at radius 3 is 2.65 bits per heavy atom. The molecule has 1 amide bonds. The van der Waals surface area contributed by atoms with Crippen molar-refractivity contribution in [2.24, 2.45) is 0 Å². The minimum atomic E-state index is -0.605. The van der Waals surface area contributed by atoms with Gasteiger partial charge in [0, 0.05) is 23.9 Å². The van der Waals surface area contributed by atoms with E-state index in [4.69, 9.17) is 5.26 Å². The van der Waals surface area contributed by atoms with Crippen LogP contribution in [-0.4, -0.2) is 40.2 Å². The molecule has 10 heteroatoms. The lowest BCUT2D eigenvalue weighted by Gasteiger charge is -2.04. The van der Waals surface area contributed by atoms with Crippen LogP contribution in [-0.2, 0) is 16.1 Å². The molecule has 0 atom stereocenters. The number of benzene rings is 1. The monoisotopic (exact) mass is 357 g/mol. The number of nitro benzene ring substituents is 1. The normalized spacial score (nSPS) is 10.0. The van der Waals surface area contributed by atoms with Gasteiger partial charge in [0.2, 0.25) is 0 Å². The summed E-state index contributed by atoms with van der Waals surface area (Å²) in [5.74, 6) is -1.15. The number of hydrogen-bond donors (Lipinski definition) is 1. The molecule has 0 radical (unpaired) electrons. The first-order chi connectivity index (χ1) is 12.5. The molecule has 0 unspecified atom stereocenters. The van der Waals surface area contributed by atoms with Crippen LogP contribution < -0.4 is 5.32 Å². The third-order valence-corrected chi connectivity index (χ3v) is 3.43. The molecule has 0 aliphatic heterocycles. The van der Waals surface area contributed by atoms with Crippen LogP contribution in [0.3, 0.4) is 0 Å². The summed E-state index contributed by atoms with van der Waals surface area (Å²) < 4.78 is 5.91. The fourth-order valence-electron chi connectivity index (χ4n) is 2.14. The maximum atomic E-state index is 12.4. The summed E-state index contributed by atoms with van der Waals surface area (Å²) in [4.78, 5) is 33.8. The quantitative estimate of drug-likeness (QED) is 0.447. The fourth-order valence-corrected chi connectivity index (χ4v) is 2.14. The number of non-ortho nitro benzene ring substituents is 1. The molecular weight excluding hydrogens is 342 g/mol. The van der Waals surface area contributed by atoms with E-state index < -0.39 is 16.8 Å². The predicted octanol–water partition coefficient (Wildman–Crippen LogP) is 1.27. The molecule has 0 bridgehead atoms. The van der Waals surface area contributed by atoms with Gasteiger partial charge in [-0.05, 0) is 12.1 Å². The van der Waals surface area contributed by atoms with Crippen LogP contribution in [0.5, 0.6) is 0 Å². The second-order valence-electron chi connectivity index (χ2n) is 5.13. The maximum absolute atomic E-state index is 12.4. The SMILES string of the molecule is COC(=O)CNC(=O)c1cn(CCC#N)nc1-c1ccc([N+](=O)[O-])cc1. The lowest BCUT2D eigenvalue weighted by atomic mass is 10.1. The summed E-state index contributed by atoms with van der Waals surface area (Å²) in [5, 5.41) is 26.2. The van der Waals surface area contributed by atoms with Crippen molar-refractivity contribution >= 4 is 17.6 Å². The van der Waals surface area contributed by atoms with Gasteiger partial charge in [-0.25, -0.2) is 0 Å². The average Bonchev–Trinajstić information content (AvgIpc) is 3.08. The van der Waals surface area contributed by atoms with Gasteiger partial charge in [-0.1, -0.05) is 0 Å². The van der Waals surface area contributed by atoms with E-state index in [1.54, 1.807) is 0 Å². The number of aromatic nitrogens is 2. The van der Waals surface area contributed by atoms with Crippen molar-refractivity contribution in [3.8, 4) is 17.3 Å². The van der Waals surface area contributed by atoms with E-state index in [0.717, 1.165) is 0 Å². The smallest absolute Gasteiger partial charge is 0.325 e. The molecule has 134 valence electrons. The van der Waals surface area contributed by atoms with E-state index in [2.05, 4.69) is 15.2 Å². The molecule has 0 aliphatic carbocycles. The minimum absolute atomic E-state index is 0.0886. The summed E-state index contributed by atoms with van der Waals surface area (Å²) in [6, 6.07) is 7.55. The fraction of sp³-hybridized carbons (Fsp3) is 0.250. The summed E-state index contributed by atoms with van der Waals surface area (Å²) in [5.41, 5.74) is 0.879. The summed E-state index contributed by atoms with van der Waals surface area (Å²) in [6.45, 7) is -0.0286. The van der Waals surface area contributed by atoms with E-state index in [1.807, 2.05) is 6.07 Å².